The molecule has 0 bridgehead atoms. The number of rotatable bonds is 3. The van der Waals surface area contributed by atoms with Gasteiger partial charge in [0.25, 0.3) is 0 Å². The molecule has 0 unspecified atom stereocenters. The molecule has 1 aromatic carbocycles. The van der Waals surface area contributed by atoms with Crippen molar-refractivity contribution in [2.24, 2.45) is 0 Å². The SMILES string of the molecule is COc1ccc2nc(C(=O)c3ccccc3)cn2c1. The summed E-state index contributed by atoms with van der Waals surface area (Å²) in [5.41, 5.74) is 1.79. The van der Waals surface area contributed by atoms with E-state index in [-0.39, 0.29) is 5.78 Å². The highest BCUT2D eigenvalue weighted by Gasteiger charge is 2.12. The summed E-state index contributed by atoms with van der Waals surface area (Å²) in [6.07, 6.45) is 3.51. The van der Waals surface area contributed by atoms with Crippen LogP contribution in [0.2, 0.25) is 0 Å². The number of hydrogen-bond donors (Lipinski definition) is 0. The third-order valence-electron chi connectivity index (χ3n) is 2.93. The molecule has 4 heteroatoms. The molecule has 0 aliphatic heterocycles. The molecule has 94 valence electrons. The van der Waals surface area contributed by atoms with E-state index in [2.05, 4.69) is 4.98 Å². The lowest BCUT2D eigenvalue weighted by molar-refractivity contribution is 0.103. The normalized spacial score (nSPS) is 10.6. The maximum absolute atomic E-state index is 12.3. The van der Waals surface area contributed by atoms with Crippen molar-refractivity contribution in [3.8, 4) is 5.75 Å². The van der Waals surface area contributed by atoms with Crippen LogP contribution < -0.4 is 4.74 Å². The number of ether oxygens (including phenoxy) is 1. The first kappa shape index (κ1) is 11.5. The van der Waals surface area contributed by atoms with Gasteiger partial charge in [0.05, 0.1) is 13.3 Å². The molecule has 0 amide bonds. The Balaban J connectivity index is 2.04. The molecule has 0 radical (unpaired) electrons. The van der Waals surface area contributed by atoms with Gasteiger partial charge in [-0.05, 0) is 12.1 Å². The third kappa shape index (κ3) is 2.08. The Hall–Kier alpha value is -2.62. The first-order valence-corrected chi connectivity index (χ1v) is 5.90. The Morgan fingerprint density at radius 1 is 1.11 bits per heavy atom. The Labute approximate surface area is 110 Å². The number of carbonyl (C=O) groups excluding carboxylic acids is 1. The van der Waals surface area contributed by atoms with E-state index < -0.39 is 0 Å². The van der Waals surface area contributed by atoms with E-state index in [1.54, 1.807) is 36.0 Å². The van der Waals surface area contributed by atoms with Crippen LogP contribution >= 0.6 is 0 Å². The van der Waals surface area contributed by atoms with Gasteiger partial charge in [-0.1, -0.05) is 30.3 Å². The Morgan fingerprint density at radius 2 is 1.89 bits per heavy atom. The molecular weight excluding hydrogens is 240 g/mol. The van der Waals surface area contributed by atoms with E-state index in [9.17, 15) is 4.79 Å². The summed E-state index contributed by atoms with van der Waals surface area (Å²) in [6.45, 7) is 0. The van der Waals surface area contributed by atoms with E-state index in [1.165, 1.54) is 0 Å². The summed E-state index contributed by atoms with van der Waals surface area (Å²) < 4.78 is 6.93. The van der Waals surface area contributed by atoms with Crippen LogP contribution in [0.25, 0.3) is 5.65 Å². The van der Waals surface area contributed by atoms with Crippen LogP contribution in [0.5, 0.6) is 5.75 Å². The lowest BCUT2D eigenvalue weighted by Crippen LogP contribution is -2.00. The minimum absolute atomic E-state index is 0.0803. The van der Waals surface area contributed by atoms with Gasteiger partial charge in [0, 0.05) is 11.8 Å². The van der Waals surface area contributed by atoms with Crippen molar-refractivity contribution in [3.05, 3.63) is 66.1 Å². The maximum atomic E-state index is 12.3. The molecule has 0 aliphatic rings. The van der Waals surface area contributed by atoms with Crippen molar-refractivity contribution in [1.82, 2.24) is 9.38 Å². The second-order valence-corrected chi connectivity index (χ2v) is 4.16. The lowest BCUT2D eigenvalue weighted by Gasteiger charge is -1.98. The topological polar surface area (TPSA) is 43.6 Å². The van der Waals surface area contributed by atoms with Gasteiger partial charge in [0.15, 0.2) is 0 Å². The largest absolute Gasteiger partial charge is 0.495 e. The molecule has 0 spiro atoms. The van der Waals surface area contributed by atoms with Gasteiger partial charge >= 0.3 is 0 Å². The smallest absolute Gasteiger partial charge is 0.212 e. The predicted octanol–water partition coefficient (Wildman–Crippen LogP) is 2.57. The number of pyridine rings is 1. The Kier molecular flexibility index (Phi) is 2.76. The van der Waals surface area contributed by atoms with Crippen molar-refractivity contribution in [3.63, 3.8) is 0 Å². The summed E-state index contributed by atoms with van der Waals surface area (Å²) in [6, 6.07) is 12.8. The molecule has 0 fully saturated rings. The fraction of sp³-hybridized carbons (Fsp3) is 0.0667. The van der Waals surface area contributed by atoms with E-state index in [0.29, 0.717) is 11.3 Å². The number of fused-ring (bicyclic) bond motifs is 1. The van der Waals surface area contributed by atoms with Crippen molar-refractivity contribution in [2.75, 3.05) is 7.11 Å². The second-order valence-electron chi connectivity index (χ2n) is 4.16. The second kappa shape index (κ2) is 4.57. The molecule has 0 N–H and O–H groups in total. The molecule has 3 rings (SSSR count). The first-order valence-electron chi connectivity index (χ1n) is 5.90. The molecule has 0 aliphatic carbocycles. The highest BCUT2D eigenvalue weighted by Crippen LogP contribution is 2.15. The van der Waals surface area contributed by atoms with E-state index in [4.69, 9.17) is 4.74 Å². The van der Waals surface area contributed by atoms with Gasteiger partial charge in [0.2, 0.25) is 5.78 Å². The summed E-state index contributed by atoms with van der Waals surface area (Å²) >= 11 is 0. The standard InChI is InChI=1S/C15H12N2O2/c1-19-12-7-8-14-16-13(10-17(14)9-12)15(18)11-5-3-2-4-6-11/h2-10H,1H3. The van der Waals surface area contributed by atoms with Crippen molar-refractivity contribution >= 4 is 11.4 Å². The van der Waals surface area contributed by atoms with Crippen molar-refractivity contribution < 1.29 is 9.53 Å². The number of carbonyl (C=O) groups is 1. The van der Waals surface area contributed by atoms with Gasteiger partial charge in [-0.15, -0.1) is 0 Å². The molecule has 19 heavy (non-hydrogen) atoms. The molecule has 4 nitrogen and oxygen atoms in total. The highest BCUT2D eigenvalue weighted by atomic mass is 16.5. The lowest BCUT2D eigenvalue weighted by atomic mass is 10.1. The number of hydrogen-bond acceptors (Lipinski definition) is 3. The van der Waals surface area contributed by atoms with Crippen LogP contribution in [0.1, 0.15) is 16.1 Å². The summed E-state index contributed by atoms with van der Waals surface area (Å²) in [5.74, 6) is 0.645. The zero-order chi connectivity index (χ0) is 13.2. The van der Waals surface area contributed by atoms with Crippen LogP contribution in [0.3, 0.4) is 0 Å². The van der Waals surface area contributed by atoms with Gasteiger partial charge in [-0.25, -0.2) is 4.98 Å². The maximum Gasteiger partial charge on any atom is 0.212 e. The molecule has 0 atom stereocenters. The number of nitrogens with zero attached hydrogens (tertiary/aromatic N) is 2. The Morgan fingerprint density at radius 3 is 2.63 bits per heavy atom. The Bertz CT molecular complexity index is 732. The fourth-order valence-corrected chi connectivity index (χ4v) is 1.94. The summed E-state index contributed by atoms with van der Waals surface area (Å²) in [7, 11) is 1.61. The molecule has 0 saturated carbocycles. The zero-order valence-corrected chi connectivity index (χ0v) is 10.4. The van der Waals surface area contributed by atoms with Gasteiger partial charge in [-0.2, -0.15) is 0 Å². The monoisotopic (exact) mass is 252 g/mol. The quantitative estimate of drug-likeness (QED) is 0.673. The number of ketones is 1. The number of benzene rings is 1. The fourth-order valence-electron chi connectivity index (χ4n) is 1.94. The van der Waals surface area contributed by atoms with Gasteiger partial charge < -0.3 is 9.14 Å². The summed E-state index contributed by atoms with van der Waals surface area (Å²) in [5, 5.41) is 0. The van der Waals surface area contributed by atoms with Crippen molar-refractivity contribution in [1.29, 1.82) is 0 Å². The van der Waals surface area contributed by atoms with Crippen LogP contribution in [0.15, 0.2) is 54.9 Å². The zero-order valence-electron chi connectivity index (χ0n) is 10.4. The molecule has 3 aromatic rings. The average molecular weight is 252 g/mol. The minimum Gasteiger partial charge on any atom is -0.495 e. The van der Waals surface area contributed by atoms with Gasteiger partial charge in [-0.3, -0.25) is 4.79 Å². The molecule has 0 saturated heterocycles. The molecule has 2 aromatic heterocycles. The third-order valence-corrected chi connectivity index (χ3v) is 2.93. The number of aromatic nitrogens is 2. The van der Waals surface area contributed by atoms with Crippen LogP contribution in [0.4, 0.5) is 0 Å². The van der Waals surface area contributed by atoms with Gasteiger partial charge in [0.1, 0.15) is 17.1 Å². The first-order chi connectivity index (χ1) is 9.28. The average Bonchev–Trinajstić information content (AvgIpc) is 2.90. The van der Waals surface area contributed by atoms with E-state index in [1.807, 2.05) is 30.3 Å². The van der Waals surface area contributed by atoms with Crippen molar-refractivity contribution in [2.45, 2.75) is 0 Å². The predicted molar refractivity (Wildman–Crippen MR) is 71.6 cm³/mol. The van der Waals surface area contributed by atoms with E-state index >= 15 is 0 Å². The molecular formula is C15H12N2O2. The van der Waals surface area contributed by atoms with Crippen LogP contribution in [-0.2, 0) is 0 Å². The van der Waals surface area contributed by atoms with Crippen LogP contribution in [-0.4, -0.2) is 22.3 Å². The number of imidazole rings is 1. The number of methoxy groups -OCH3 is 1. The van der Waals surface area contributed by atoms with E-state index in [0.717, 1.165) is 11.4 Å². The highest BCUT2D eigenvalue weighted by molar-refractivity contribution is 6.07. The minimum atomic E-state index is -0.0803. The van der Waals surface area contributed by atoms with Crippen LogP contribution in [0, 0.1) is 0 Å². The molecule has 2 heterocycles. The summed E-state index contributed by atoms with van der Waals surface area (Å²) in [4.78, 5) is 16.6.